The molecule has 31 heavy (non-hydrogen) atoms. The Balaban J connectivity index is 1.36. The van der Waals surface area contributed by atoms with Crippen LogP contribution in [0.15, 0.2) is 30.3 Å². The van der Waals surface area contributed by atoms with Gasteiger partial charge in [-0.15, -0.1) is 0 Å². The highest BCUT2D eigenvalue weighted by Gasteiger charge is 2.38. The van der Waals surface area contributed by atoms with Crippen LogP contribution in [0.3, 0.4) is 0 Å². The molecule has 2 fully saturated rings. The van der Waals surface area contributed by atoms with Gasteiger partial charge in [-0.3, -0.25) is 14.7 Å². The molecule has 1 aliphatic heterocycles. The van der Waals surface area contributed by atoms with Gasteiger partial charge in [0.1, 0.15) is 0 Å². The number of hydrogen-bond donors (Lipinski definition) is 1. The van der Waals surface area contributed by atoms with E-state index in [1.807, 2.05) is 31.2 Å². The van der Waals surface area contributed by atoms with Gasteiger partial charge in [0, 0.05) is 36.3 Å². The summed E-state index contributed by atoms with van der Waals surface area (Å²) in [5.74, 6) is -0.765. The molecule has 1 amide bonds. The van der Waals surface area contributed by atoms with Crippen LogP contribution in [0.4, 0.5) is 0 Å². The summed E-state index contributed by atoms with van der Waals surface area (Å²) in [4.78, 5) is 32.1. The van der Waals surface area contributed by atoms with Crippen LogP contribution in [0.25, 0.3) is 10.9 Å². The molecule has 1 aromatic heterocycles. The number of para-hydroxylation sites is 1. The average Bonchev–Trinajstić information content (AvgIpc) is 2.81. The Morgan fingerprint density at radius 2 is 1.90 bits per heavy atom. The second kappa shape index (κ2) is 9.75. The van der Waals surface area contributed by atoms with Crippen LogP contribution >= 0.6 is 0 Å². The summed E-state index contributed by atoms with van der Waals surface area (Å²) in [7, 11) is 0. The van der Waals surface area contributed by atoms with Crippen LogP contribution in [-0.2, 0) is 14.3 Å². The van der Waals surface area contributed by atoms with Gasteiger partial charge in [0.25, 0.3) is 5.91 Å². The number of morpholine rings is 1. The average molecular weight is 426 g/mol. The second-order valence-electron chi connectivity index (χ2n) is 8.57. The first-order valence-electron chi connectivity index (χ1n) is 11.2. The molecule has 2 heterocycles. The lowest BCUT2D eigenvalue weighted by atomic mass is 9.79. The number of benzene rings is 1. The molecular weight excluding hydrogens is 394 g/mol. The standard InChI is InChI=1S/C24H31N3O4/c1-18-15-20(19-7-3-4-8-21(19)26-18)23(29)31-16-22(28)25-17-24(9-5-2-6-10-24)27-11-13-30-14-12-27/h3-4,7-8,15H,2,5-6,9-14,16-17H2,1H3,(H,25,28). The number of pyridine rings is 1. The third-order valence-electron chi connectivity index (χ3n) is 6.48. The van der Waals surface area contributed by atoms with Crippen molar-refractivity contribution in [2.75, 3.05) is 39.5 Å². The number of hydrogen-bond acceptors (Lipinski definition) is 6. The first kappa shape index (κ1) is 21.7. The van der Waals surface area contributed by atoms with Gasteiger partial charge >= 0.3 is 5.97 Å². The Kier molecular flexibility index (Phi) is 6.83. The third-order valence-corrected chi connectivity index (χ3v) is 6.48. The van der Waals surface area contributed by atoms with Crippen LogP contribution in [0.2, 0.25) is 0 Å². The largest absolute Gasteiger partial charge is 0.452 e. The molecule has 7 heteroatoms. The van der Waals surface area contributed by atoms with E-state index in [9.17, 15) is 9.59 Å². The maximum Gasteiger partial charge on any atom is 0.339 e. The molecule has 166 valence electrons. The summed E-state index contributed by atoms with van der Waals surface area (Å²) >= 11 is 0. The molecule has 1 saturated carbocycles. The van der Waals surface area contributed by atoms with Crippen LogP contribution < -0.4 is 5.32 Å². The molecule has 0 atom stereocenters. The maximum atomic E-state index is 12.7. The molecule has 1 N–H and O–H groups in total. The number of aryl methyl sites for hydroxylation is 1. The van der Waals surface area contributed by atoms with E-state index in [1.165, 1.54) is 19.3 Å². The number of carbonyl (C=O) groups is 2. The summed E-state index contributed by atoms with van der Waals surface area (Å²) < 4.78 is 10.9. The Morgan fingerprint density at radius 1 is 1.16 bits per heavy atom. The number of nitrogens with zero attached hydrogens (tertiary/aromatic N) is 2. The van der Waals surface area contributed by atoms with Gasteiger partial charge < -0.3 is 14.8 Å². The summed E-state index contributed by atoms with van der Waals surface area (Å²) in [5, 5.41) is 3.76. The van der Waals surface area contributed by atoms with Crippen LogP contribution in [0.5, 0.6) is 0 Å². The summed E-state index contributed by atoms with van der Waals surface area (Å²) in [6.45, 7) is 5.43. The molecule has 0 spiro atoms. The van der Waals surface area contributed by atoms with E-state index < -0.39 is 5.97 Å². The first-order valence-corrected chi connectivity index (χ1v) is 11.2. The number of carbonyl (C=O) groups excluding carboxylic acids is 2. The van der Waals surface area contributed by atoms with Crippen molar-refractivity contribution >= 4 is 22.8 Å². The van der Waals surface area contributed by atoms with Crippen molar-refractivity contribution in [3.8, 4) is 0 Å². The third kappa shape index (κ3) is 5.05. The normalized spacial score (nSPS) is 19.1. The Hall–Kier alpha value is -2.51. The molecular formula is C24H31N3O4. The van der Waals surface area contributed by atoms with E-state index in [4.69, 9.17) is 9.47 Å². The van der Waals surface area contributed by atoms with Crippen LogP contribution in [0.1, 0.15) is 48.2 Å². The smallest absolute Gasteiger partial charge is 0.339 e. The monoisotopic (exact) mass is 425 g/mol. The molecule has 1 saturated heterocycles. The van der Waals surface area contributed by atoms with E-state index in [2.05, 4.69) is 15.2 Å². The quantitative estimate of drug-likeness (QED) is 0.717. The van der Waals surface area contributed by atoms with Crippen molar-refractivity contribution in [1.82, 2.24) is 15.2 Å². The van der Waals surface area contributed by atoms with Gasteiger partial charge in [0.2, 0.25) is 0 Å². The molecule has 2 aromatic rings. The van der Waals surface area contributed by atoms with E-state index >= 15 is 0 Å². The number of nitrogens with one attached hydrogen (secondary N) is 1. The fourth-order valence-electron chi connectivity index (χ4n) is 4.85. The minimum Gasteiger partial charge on any atom is -0.452 e. The molecule has 1 aromatic carbocycles. The van der Waals surface area contributed by atoms with Gasteiger partial charge in [-0.25, -0.2) is 4.79 Å². The lowest BCUT2D eigenvalue weighted by Gasteiger charge is -2.48. The molecule has 0 radical (unpaired) electrons. The molecule has 0 unspecified atom stereocenters. The van der Waals surface area contributed by atoms with E-state index in [-0.39, 0.29) is 18.1 Å². The van der Waals surface area contributed by atoms with Crippen LogP contribution in [0, 0.1) is 6.92 Å². The predicted octanol–water partition coefficient (Wildman–Crippen LogP) is 2.85. The maximum absolute atomic E-state index is 12.7. The predicted molar refractivity (Wildman–Crippen MR) is 118 cm³/mol. The van der Waals surface area contributed by atoms with E-state index in [1.54, 1.807) is 6.07 Å². The van der Waals surface area contributed by atoms with Crippen molar-refractivity contribution in [2.45, 2.75) is 44.6 Å². The number of ether oxygens (including phenoxy) is 2. The minimum atomic E-state index is -0.502. The number of aromatic nitrogens is 1. The van der Waals surface area contributed by atoms with Gasteiger partial charge in [-0.1, -0.05) is 37.5 Å². The molecule has 2 aliphatic rings. The first-order chi connectivity index (χ1) is 15.1. The van der Waals surface area contributed by atoms with Gasteiger partial charge in [-0.05, 0) is 31.9 Å². The number of esters is 1. The summed E-state index contributed by atoms with van der Waals surface area (Å²) in [5.41, 5.74) is 1.90. The topological polar surface area (TPSA) is 80.8 Å². The lowest BCUT2D eigenvalue weighted by Crippen LogP contribution is -2.59. The highest BCUT2D eigenvalue weighted by Crippen LogP contribution is 2.33. The zero-order valence-corrected chi connectivity index (χ0v) is 18.2. The molecule has 0 bridgehead atoms. The fraction of sp³-hybridized carbons (Fsp3) is 0.542. The molecule has 7 nitrogen and oxygen atoms in total. The lowest BCUT2D eigenvalue weighted by molar-refractivity contribution is -0.125. The van der Waals surface area contributed by atoms with Crippen molar-refractivity contribution in [1.29, 1.82) is 0 Å². The van der Waals surface area contributed by atoms with E-state index in [0.29, 0.717) is 12.1 Å². The van der Waals surface area contributed by atoms with Crippen molar-refractivity contribution in [3.05, 3.63) is 41.6 Å². The number of amides is 1. The van der Waals surface area contributed by atoms with E-state index in [0.717, 1.165) is 55.7 Å². The Labute approximate surface area is 183 Å². The van der Waals surface area contributed by atoms with Gasteiger partial charge in [-0.2, -0.15) is 0 Å². The number of fused-ring (bicyclic) bond motifs is 1. The Morgan fingerprint density at radius 3 is 2.68 bits per heavy atom. The minimum absolute atomic E-state index is 0.0138. The van der Waals surface area contributed by atoms with Crippen molar-refractivity contribution < 1.29 is 19.1 Å². The highest BCUT2D eigenvalue weighted by molar-refractivity contribution is 6.04. The zero-order chi connectivity index (χ0) is 21.7. The summed E-state index contributed by atoms with van der Waals surface area (Å²) in [6.07, 6.45) is 5.76. The Bertz CT molecular complexity index is 934. The SMILES string of the molecule is Cc1cc(C(=O)OCC(=O)NCC2(N3CCOCC3)CCCCC2)c2ccccc2n1. The van der Waals surface area contributed by atoms with Crippen molar-refractivity contribution in [2.24, 2.45) is 0 Å². The van der Waals surface area contributed by atoms with Crippen molar-refractivity contribution in [3.63, 3.8) is 0 Å². The zero-order valence-electron chi connectivity index (χ0n) is 18.2. The number of rotatable bonds is 6. The summed E-state index contributed by atoms with van der Waals surface area (Å²) in [6, 6.07) is 9.15. The van der Waals surface area contributed by atoms with Gasteiger partial charge in [0.15, 0.2) is 6.61 Å². The second-order valence-corrected chi connectivity index (χ2v) is 8.57. The highest BCUT2D eigenvalue weighted by atomic mass is 16.5. The molecule has 1 aliphatic carbocycles. The van der Waals surface area contributed by atoms with Gasteiger partial charge in [0.05, 0.1) is 24.3 Å². The van der Waals surface area contributed by atoms with Crippen LogP contribution in [-0.4, -0.2) is 66.8 Å². The fourth-order valence-corrected chi connectivity index (χ4v) is 4.85. The molecule has 4 rings (SSSR count).